The lowest BCUT2D eigenvalue weighted by atomic mass is 10.1. The third-order valence-corrected chi connectivity index (χ3v) is 5.95. The first-order valence-corrected chi connectivity index (χ1v) is 9.42. The summed E-state index contributed by atoms with van der Waals surface area (Å²) in [5.41, 5.74) is 0. The molecule has 1 saturated heterocycles. The molecule has 1 atom stereocenters. The number of hydrogen-bond acceptors (Lipinski definition) is 4. The Morgan fingerprint density at radius 2 is 1.92 bits per heavy atom. The van der Waals surface area contributed by atoms with Crippen molar-refractivity contribution in [1.29, 1.82) is 0 Å². The molecule has 2 heterocycles. The van der Waals surface area contributed by atoms with E-state index >= 15 is 0 Å². The maximum Gasteiger partial charge on any atom is 0.350 e. The average Bonchev–Trinajstić information content (AvgIpc) is 2.91. The number of hydrogen-bond donors (Lipinski definition) is 0. The maximum atomic E-state index is 12.4. The SMILES string of the molecule is C[C@H](OC(=O)c1sc2cc(Cl)ccc2c1Cl)C(=O)N1CCCCC1. The molecule has 7 heteroatoms. The molecule has 0 radical (unpaired) electrons. The third kappa shape index (κ3) is 3.53. The molecule has 0 N–H and O–H groups in total. The van der Waals surface area contributed by atoms with Crippen LogP contribution in [0.2, 0.25) is 10.0 Å². The van der Waals surface area contributed by atoms with Gasteiger partial charge in [0.1, 0.15) is 4.88 Å². The lowest BCUT2D eigenvalue weighted by Crippen LogP contribution is -2.42. The van der Waals surface area contributed by atoms with E-state index in [9.17, 15) is 9.59 Å². The molecular formula is C17H17Cl2NO3S. The fourth-order valence-corrected chi connectivity index (χ4v) is 4.47. The summed E-state index contributed by atoms with van der Waals surface area (Å²) in [7, 11) is 0. The Kier molecular flexibility index (Phi) is 5.33. The number of ether oxygens (including phenoxy) is 1. The molecule has 1 aromatic carbocycles. The lowest BCUT2D eigenvalue weighted by molar-refractivity contribution is -0.140. The summed E-state index contributed by atoms with van der Waals surface area (Å²) >= 11 is 13.5. The fourth-order valence-electron chi connectivity index (χ4n) is 2.81. The number of piperidine rings is 1. The van der Waals surface area contributed by atoms with Crippen LogP contribution in [-0.2, 0) is 9.53 Å². The summed E-state index contributed by atoms with van der Waals surface area (Å²) in [4.78, 5) is 26.8. The van der Waals surface area contributed by atoms with Gasteiger partial charge < -0.3 is 9.64 Å². The zero-order chi connectivity index (χ0) is 17.3. The number of nitrogens with zero attached hydrogens (tertiary/aromatic N) is 1. The third-order valence-electron chi connectivity index (χ3n) is 4.08. The minimum Gasteiger partial charge on any atom is -0.448 e. The van der Waals surface area contributed by atoms with Crippen molar-refractivity contribution in [2.24, 2.45) is 0 Å². The minimum atomic E-state index is -0.819. The molecule has 0 aliphatic carbocycles. The first-order valence-electron chi connectivity index (χ1n) is 7.84. The van der Waals surface area contributed by atoms with Gasteiger partial charge in [0.25, 0.3) is 5.91 Å². The van der Waals surface area contributed by atoms with Gasteiger partial charge >= 0.3 is 5.97 Å². The first kappa shape index (κ1) is 17.5. The van der Waals surface area contributed by atoms with Gasteiger partial charge in [-0.15, -0.1) is 11.3 Å². The van der Waals surface area contributed by atoms with Crippen molar-refractivity contribution >= 4 is 56.5 Å². The molecule has 0 saturated carbocycles. The van der Waals surface area contributed by atoms with Crippen LogP contribution in [0.1, 0.15) is 35.9 Å². The van der Waals surface area contributed by atoms with Crippen molar-refractivity contribution in [1.82, 2.24) is 4.90 Å². The Bertz CT molecular complexity index is 783. The van der Waals surface area contributed by atoms with Gasteiger partial charge in [-0.05, 0) is 38.3 Å². The number of amides is 1. The Morgan fingerprint density at radius 1 is 1.21 bits per heavy atom. The molecule has 1 fully saturated rings. The van der Waals surface area contributed by atoms with Crippen molar-refractivity contribution in [2.75, 3.05) is 13.1 Å². The second-order valence-electron chi connectivity index (χ2n) is 5.82. The van der Waals surface area contributed by atoms with Crippen LogP contribution < -0.4 is 0 Å². The molecule has 2 aromatic rings. The van der Waals surface area contributed by atoms with Gasteiger partial charge in [0, 0.05) is 28.2 Å². The summed E-state index contributed by atoms with van der Waals surface area (Å²) in [6.07, 6.45) is 2.31. The molecule has 4 nitrogen and oxygen atoms in total. The van der Waals surface area contributed by atoms with Crippen LogP contribution in [0.4, 0.5) is 0 Å². The van der Waals surface area contributed by atoms with E-state index in [4.69, 9.17) is 27.9 Å². The highest BCUT2D eigenvalue weighted by Crippen LogP contribution is 2.37. The molecular weight excluding hydrogens is 369 g/mol. The normalized spacial score (nSPS) is 16.2. The topological polar surface area (TPSA) is 46.6 Å². The number of esters is 1. The largest absolute Gasteiger partial charge is 0.448 e. The second kappa shape index (κ2) is 7.30. The fraction of sp³-hybridized carbons (Fsp3) is 0.412. The van der Waals surface area contributed by atoms with Crippen LogP contribution in [0.5, 0.6) is 0 Å². The van der Waals surface area contributed by atoms with Gasteiger partial charge in [-0.3, -0.25) is 4.79 Å². The number of carbonyl (C=O) groups excluding carboxylic acids is 2. The highest BCUT2D eigenvalue weighted by molar-refractivity contribution is 7.21. The van der Waals surface area contributed by atoms with E-state index in [1.807, 2.05) is 0 Å². The zero-order valence-electron chi connectivity index (χ0n) is 13.2. The average molecular weight is 386 g/mol. The molecule has 1 aliphatic rings. The molecule has 3 rings (SSSR count). The minimum absolute atomic E-state index is 0.150. The molecule has 24 heavy (non-hydrogen) atoms. The van der Waals surface area contributed by atoms with Crippen molar-refractivity contribution in [3.63, 3.8) is 0 Å². The van der Waals surface area contributed by atoms with Crippen LogP contribution in [-0.4, -0.2) is 36.0 Å². The molecule has 0 spiro atoms. The number of benzene rings is 1. The van der Waals surface area contributed by atoms with Gasteiger partial charge in [0.15, 0.2) is 6.10 Å². The standard InChI is InChI=1S/C17H17Cl2NO3S/c1-10(16(21)20-7-3-2-4-8-20)23-17(22)15-14(19)12-6-5-11(18)9-13(12)24-15/h5-6,9-10H,2-4,7-8H2,1H3/t10-/m0/s1. The van der Waals surface area contributed by atoms with Crippen LogP contribution in [0, 0.1) is 0 Å². The number of halogens is 2. The van der Waals surface area contributed by atoms with Crippen LogP contribution >= 0.6 is 34.5 Å². The number of carbonyl (C=O) groups is 2. The van der Waals surface area contributed by atoms with Crippen molar-refractivity contribution in [3.8, 4) is 0 Å². The summed E-state index contributed by atoms with van der Waals surface area (Å²) < 4.78 is 6.17. The van der Waals surface area contributed by atoms with Gasteiger partial charge in [-0.1, -0.05) is 29.3 Å². The Morgan fingerprint density at radius 3 is 2.62 bits per heavy atom. The van der Waals surface area contributed by atoms with Crippen molar-refractivity contribution in [3.05, 3.63) is 33.1 Å². The summed E-state index contributed by atoms with van der Waals surface area (Å²) in [5, 5.41) is 1.68. The van der Waals surface area contributed by atoms with Gasteiger partial charge in [-0.2, -0.15) is 0 Å². The second-order valence-corrected chi connectivity index (χ2v) is 7.69. The van der Waals surface area contributed by atoms with Crippen molar-refractivity contribution < 1.29 is 14.3 Å². The highest BCUT2D eigenvalue weighted by atomic mass is 35.5. The molecule has 1 aromatic heterocycles. The molecule has 0 bridgehead atoms. The molecule has 1 aliphatic heterocycles. The first-order chi connectivity index (χ1) is 11.5. The van der Waals surface area contributed by atoms with Crippen LogP contribution in [0.15, 0.2) is 18.2 Å². The van der Waals surface area contributed by atoms with Crippen LogP contribution in [0.25, 0.3) is 10.1 Å². The van der Waals surface area contributed by atoms with E-state index in [0.29, 0.717) is 14.9 Å². The van der Waals surface area contributed by atoms with Gasteiger partial charge in [-0.25, -0.2) is 4.79 Å². The Hall–Kier alpha value is -1.30. The van der Waals surface area contributed by atoms with E-state index in [1.165, 1.54) is 11.3 Å². The predicted molar refractivity (Wildman–Crippen MR) is 97.2 cm³/mol. The summed E-state index contributed by atoms with van der Waals surface area (Å²) in [6.45, 7) is 3.05. The maximum absolute atomic E-state index is 12.4. The number of fused-ring (bicyclic) bond motifs is 1. The highest BCUT2D eigenvalue weighted by Gasteiger charge is 2.27. The smallest absolute Gasteiger partial charge is 0.350 e. The van der Waals surface area contributed by atoms with E-state index in [-0.39, 0.29) is 5.91 Å². The van der Waals surface area contributed by atoms with E-state index in [0.717, 1.165) is 42.4 Å². The summed E-state index contributed by atoms with van der Waals surface area (Å²) in [5.74, 6) is -0.724. The van der Waals surface area contributed by atoms with Gasteiger partial charge in [0.05, 0.1) is 5.02 Å². The van der Waals surface area contributed by atoms with Crippen LogP contribution in [0.3, 0.4) is 0 Å². The zero-order valence-corrected chi connectivity index (χ0v) is 15.5. The number of likely N-dealkylation sites (tertiary alicyclic amines) is 1. The monoisotopic (exact) mass is 385 g/mol. The van der Waals surface area contributed by atoms with E-state index in [2.05, 4.69) is 0 Å². The van der Waals surface area contributed by atoms with Crippen molar-refractivity contribution in [2.45, 2.75) is 32.3 Å². The number of thiophene rings is 1. The quantitative estimate of drug-likeness (QED) is 0.715. The predicted octanol–water partition coefficient (Wildman–Crippen LogP) is 4.77. The van der Waals surface area contributed by atoms with E-state index < -0.39 is 12.1 Å². The number of rotatable bonds is 3. The van der Waals surface area contributed by atoms with Gasteiger partial charge in [0.2, 0.25) is 0 Å². The Labute approximate surface area is 154 Å². The molecule has 0 unspecified atom stereocenters. The van der Waals surface area contributed by atoms with E-state index in [1.54, 1.807) is 30.0 Å². The Balaban J connectivity index is 1.74. The summed E-state index contributed by atoms with van der Waals surface area (Å²) in [6, 6.07) is 5.25. The molecule has 128 valence electrons. The molecule has 1 amide bonds. The lowest BCUT2D eigenvalue weighted by Gasteiger charge is -2.28.